The van der Waals surface area contributed by atoms with E-state index in [1.165, 1.54) is 5.32 Å². The maximum Gasteiger partial charge on any atom is 0.471 e. The zero-order chi connectivity index (χ0) is 22.8. The van der Waals surface area contributed by atoms with Crippen molar-refractivity contribution in [1.29, 1.82) is 0 Å². The van der Waals surface area contributed by atoms with E-state index in [1.807, 2.05) is 0 Å². The predicted molar refractivity (Wildman–Crippen MR) is 108 cm³/mol. The number of hydrogen-bond donors (Lipinski definition) is 2. The van der Waals surface area contributed by atoms with E-state index in [4.69, 9.17) is 11.6 Å². The van der Waals surface area contributed by atoms with Crippen molar-refractivity contribution in [2.24, 2.45) is 0 Å². The quantitative estimate of drug-likeness (QED) is 0.396. The third kappa shape index (κ3) is 5.35. The van der Waals surface area contributed by atoms with Crippen molar-refractivity contribution < 1.29 is 27.7 Å². The SMILES string of the molecule is O=C(Nc1nc(-c2ccc(Cl)cc2)cs1)c1ccc([N+](=O)[O-])cc1NC(=O)C(F)(F)F. The van der Waals surface area contributed by atoms with E-state index in [9.17, 15) is 32.9 Å². The van der Waals surface area contributed by atoms with Gasteiger partial charge in [-0.05, 0) is 18.2 Å². The molecule has 8 nitrogen and oxygen atoms in total. The van der Waals surface area contributed by atoms with Gasteiger partial charge in [0.2, 0.25) is 0 Å². The van der Waals surface area contributed by atoms with Crippen molar-refractivity contribution in [3.63, 3.8) is 0 Å². The monoisotopic (exact) mass is 470 g/mol. The van der Waals surface area contributed by atoms with Crippen LogP contribution in [0.2, 0.25) is 5.02 Å². The van der Waals surface area contributed by atoms with Crippen LogP contribution in [0.1, 0.15) is 10.4 Å². The van der Waals surface area contributed by atoms with Crippen LogP contribution in [0.4, 0.5) is 29.7 Å². The summed E-state index contributed by atoms with van der Waals surface area (Å²) < 4.78 is 37.8. The lowest BCUT2D eigenvalue weighted by molar-refractivity contribution is -0.384. The molecule has 2 N–H and O–H groups in total. The van der Waals surface area contributed by atoms with Crippen LogP contribution >= 0.6 is 22.9 Å². The highest BCUT2D eigenvalue weighted by Gasteiger charge is 2.39. The van der Waals surface area contributed by atoms with E-state index in [-0.39, 0.29) is 5.13 Å². The molecule has 31 heavy (non-hydrogen) atoms. The fraction of sp³-hybridized carbons (Fsp3) is 0.0556. The summed E-state index contributed by atoms with van der Waals surface area (Å²) >= 11 is 6.89. The number of nitrogens with one attached hydrogen (secondary N) is 2. The maximum atomic E-state index is 12.6. The highest BCUT2D eigenvalue weighted by Crippen LogP contribution is 2.29. The molecule has 0 unspecified atom stereocenters. The zero-order valence-corrected chi connectivity index (χ0v) is 16.6. The predicted octanol–water partition coefficient (Wildman–Crippen LogP) is 5.12. The Balaban J connectivity index is 1.86. The van der Waals surface area contributed by atoms with Crippen LogP contribution in [0, 0.1) is 10.1 Å². The third-order valence-electron chi connectivity index (χ3n) is 3.83. The highest BCUT2D eigenvalue weighted by molar-refractivity contribution is 7.14. The number of amides is 2. The molecule has 3 aromatic rings. The number of non-ortho nitro benzene ring substituents is 1. The second kappa shape index (κ2) is 8.70. The molecule has 0 atom stereocenters. The number of aromatic nitrogens is 1. The standard InChI is InChI=1S/C18H10ClF3N4O4S/c19-10-3-1-9(2-4-10)14-8-31-17(24-14)25-15(27)12-6-5-11(26(29)30)7-13(12)23-16(28)18(20,21)22/h1-8H,(H,23,28)(H,24,25,27). The van der Waals surface area contributed by atoms with Crippen molar-refractivity contribution in [1.82, 2.24) is 4.98 Å². The molecule has 1 aromatic heterocycles. The largest absolute Gasteiger partial charge is 0.471 e. The van der Waals surface area contributed by atoms with Gasteiger partial charge in [0.1, 0.15) is 0 Å². The Morgan fingerprint density at radius 1 is 1.10 bits per heavy atom. The maximum absolute atomic E-state index is 12.6. The smallest absolute Gasteiger partial charge is 0.317 e. The minimum absolute atomic E-state index is 0.126. The van der Waals surface area contributed by atoms with Gasteiger partial charge in [-0.1, -0.05) is 23.7 Å². The molecule has 0 bridgehead atoms. The van der Waals surface area contributed by atoms with Crippen LogP contribution in [-0.4, -0.2) is 27.9 Å². The Bertz CT molecular complexity index is 1170. The van der Waals surface area contributed by atoms with E-state index in [0.717, 1.165) is 29.0 Å². The molecule has 0 spiro atoms. The average Bonchev–Trinajstić information content (AvgIpc) is 3.16. The van der Waals surface area contributed by atoms with Gasteiger partial charge in [0.25, 0.3) is 11.6 Å². The summed E-state index contributed by atoms with van der Waals surface area (Å²) in [7, 11) is 0. The van der Waals surface area contributed by atoms with Gasteiger partial charge in [-0.2, -0.15) is 13.2 Å². The van der Waals surface area contributed by atoms with Crippen LogP contribution in [0.5, 0.6) is 0 Å². The Labute approximate surface area is 180 Å². The number of alkyl halides is 3. The number of thiazole rings is 1. The molecule has 0 aliphatic rings. The summed E-state index contributed by atoms with van der Waals surface area (Å²) in [5.41, 5.74) is -0.441. The number of carbonyl (C=O) groups excluding carboxylic acids is 2. The van der Waals surface area contributed by atoms with Gasteiger partial charge in [0.15, 0.2) is 5.13 Å². The van der Waals surface area contributed by atoms with Crippen LogP contribution < -0.4 is 10.6 Å². The average molecular weight is 471 g/mol. The fourth-order valence-corrected chi connectivity index (χ4v) is 3.23. The van der Waals surface area contributed by atoms with Gasteiger partial charge in [-0.15, -0.1) is 11.3 Å². The number of carbonyl (C=O) groups is 2. The number of benzene rings is 2. The van der Waals surface area contributed by atoms with Crippen molar-refractivity contribution in [3.05, 3.63) is 68.5 Å². The number of nitrogens with zero attached hydrogens (tertiary/aromatic N) is 2. The van der Waals surface area contributed by atoms with E-state index in [1.54, 1.807) is 29.6 Å². The normalized spacial score (nSPS) is 11.1. The van der Waals surface area contributed by atoms with Gasteiger partial charge in [0.05, 0.1) is 21.9 Å². The van der Waals surface area contributed by atoms with Crippen LogP contribution in [0.3, 0.4) is 0 Å². The van der Waals surface area contributed by atoms with Gasteiger partial charge in [-0.25, -0.2) is 4.98 Å². The molecule has 2 aromatic carbocycles. The number of halogens is 4. The molecular formula is C18H10ClF3N4O4S. The molecular weight excluding hydrogens is 461 g/mol. The molecule has 0 saturated carbocycles. The van der Waals surface area contributed by atoms with E-state index in [0.29, 0.717) is 16.8 Å². The Kier molecular flexibility index (Phi) is 6.22. The molecule has 3 rings (SSSR count). The number of anilines is 2. The Hall–Kier alpha value is -3.51. The molecule has 13 heteroatoms. The van der Waals surface area contributed by atoms with Crippen molar-refractivity contribution >= 4 is 51.3 Å². The Morgan fingerprint density at radius 3 is 2.39 bits per heavy atom. The summed E-state index contributed by atoms with van der Waals surface area (Å²) in [6.07, 6.45) is -5.25. The fourth-order valence-electron chi connectivity index (χ4n) is 2.39. The van der Waals surface area contributed by atoms with E-state index in [2.05, 4.69) is 10.3 Å². The minimum Gasteiger partial charge on any atom is -0.317 e. The second-order valence-corrected chi connectivity index (χ2v) is 7.23. The minimum atomic E-state index is -5.25. The zero-order valence-electron chi connectivity index (χ0n) is 15.1. The van der Waals surface area contributed by atoms with Gasteiger partial charge < -0.3 is 5.32 Å². The van der Waals surface area contributed by atoms with Crippen molar-refractivity contribution in [3.8, 4) is 11.3 Å². The van der Waals surface area contributed by atoms with Crippen molar-refractivity contribution in [2.75, 3.05) is 10.6 Å². The molecule has 0 fully saturated rings. The molecule has 0 saturated heterocycles. The van der Waals surface area contributed by atoms with E-state index < -0.39 is 39.9 Å². The third-order valence-corrected chi connectivity index (χ3v) is 4.84. The van der Waals surface area contributed by atoms with Crippen LogP contribution in [0.15, 0.2) is 47.8 Å². The number of nitro groups is 1. The lowest BCUT2D eigenvalue weighted by atomic mass is 10.1. The highest BCUT2D eigenvalue weighted by atomic mass is 35.5. The second-order valence-electron chi connectivity index (χ2n) is 5.94. The first-order chi connectivity index (χ1) is 14.5. The van der Waals surface area contributed by atoms with Gasteiger partial charge >= 0.3 is 12.1 Å². The molecule has 160 valence electrons. The molecule has 0 radical (unpaired) electrons. The lowest BCUT2D eigenvalue weighted by Crippen LogP contribution is -2.31. The molecule has 1 heterocycles. The van der Waals surface area contributed by atoms with Crippen molar-refractivity contribution in [2.45, 2.75) is 6.18 Å². The molecule has 0 aliphatic heterocycles. The van der Waals surface area contributed by atoms with Crippen LogP contribution in [-0.2, 0) is 4.79 Å². The topological polar surface area (TPSA) is 114 Å². The van der Waals surface area contributed by atoms with E-state index >= 15 is 0 Å². The summed E-state index contributed by atoms with van der Waals surface area (Å²) in [6, 6.07) is 9.27. The molecule has 0 aliphatic carbocycles. The summed E-state index contributed by atoms with van der Waals surface area (Å²) in [6.45, 7) is 0. The van der Waals surface area contributed by atoms with Crippen LogP contribution in [0.25, 0.3) is 11.3 Å². The summed E-state index contributed by atoms with van der Waals surface area (Å²) in [5.74, 6) is -3.29. The van der Waals surface area contributed by atoms with Gasteiger partial charge in [-0.3, -0.25) is 25.0 Å². The number of rotatable bonds is 5. The lowest BCUT2D eigenvalue weighted by Gasteiger charge is -2.12. The first-order valence-corrected chi connectivity index (χ1v) is 9.50. The Morgan fingerprint density at radius 2 is 1.77 bits per heavy atom. The first kappa shape index (κ1) is 22.2. The van der Waals surface area contributed by atoms with Gasteiger partial charge in [0, 0.05) is 28.1 Å². The number of nitro benzene ring substituents is 1. The molecule has 2 amide bonds. The summed E-state index contributed by atoms with van der Waals surface area (Å²) in [5, 5.41) is 17.1. The number of hydrogen-bond acceptors (Lipinski definition) is 6. The summed E-state index contributed by atoms with van der Waals surface area (Å²) in [4.78, 5) is 38.1. The first-order valence-electron chi connectivity index (χ1n) is 8.24.